The summed E-state index contributed by atoms with van der Waals surface area (Å²) in [4.78, 5) is 13.5. The molecular formula is C43H67FN2O4S. The Morgan fingerprint density at radius 1 is 0.961 bits per heavy atom. The topological polar surface area (TPSA) is 75.7 Å². The molecule has 10 atom stereocenters. The molecule has 0 bridgehead atoms. The first-order valence-corrected chi connectivity index (χ1v) is 22.2. The van der Waals surface area contributed by atoms with Crippen LogP contribution in [-0.4, -0.2) is 75.3 Å². The lowest BCUT2D eigenvalue weighted by molar-refractivity contribution is -0.221. The molecule has 8 heteroatoms. The normalized spacial score (nSPS) is 46.0. The smallest absolute Gasteiger partial charge is 0.293 e. The van der Waals surface area contributed by atoms with Crippen molar-refractivity contribution in [2.24, 2.45) is 51.2 Å². The number of carbonyl (C=O) groups is 1. The number of hydrogen-bond donors (Lipinski definition) is 1. The Hall–Kier alpha value is -1.51. The van der Waals surface area contributed by atoms with Crippen LogP contribution in [0.5, 0.6) is 0 Å². The third kappa shape index (κ3) is 5.88. The maximum absolute atomic E-state index is 14.0. The van der Waals surface area contributed by atoms with Crippen molar-refractivity contribution in [3.05, 3.63) is 35.5 Å². The molecule has 0 spiro atoms. The summed E-state index contributed by atoms with van der Waals surface area (Å²) in [6, 6.07) is 0. The monoisotopic (exact) mass is 726 g/mol. The quantitative estimate of drug-likeness (QED) is 0.191. The van der Waals surface area contributed by atoms with Crippen molar-refractivity contribution in [1.82, 2.24) is 10.2 Å². The Bertz CT molecular complexity index is 1560. The minimum atomic E-state index is -2.87. The molecule has 6 nitrogen and oxygen atoms in total. The average molecular weight is 727 g/mol. The molecule has 0 aromatic carbocycles. The molecule has 1 aliphatic heterocycles. The van der Waals surface area contributed by atoms with Crippen LogP contribution in [0.4, 0.5) is 4.39 Å². The predicted molar refractivity (Wildman–Crippen MR) is 204 cm³/mol. The van der Waals surface area contributed by atoms with Gasteiger partial charge in [-0.3, -0.25) is 4.79 Å². The van der Waals surface area contributed by atoms with Crippen LogP contribution in [-0.2, 0) is 19.4 Å². The van der Waals surface area contributed by atoms with Crippen LogP contribution in [0.1, 0.15) is 119 Å². The number of sulfone groups is 1. The van der Waals surface area contributed by atoms with Gasteiger partial charge in [0, 0.05) is 38.1 Å². The number of nitrogens with one attached hydrogen (secondary N) is 1. The van der Waals surface area contributed by atoms with E-state index in [-0.39, 0.29) is 27.2 Å². The fourth-order valence-electron chi connectivity index (χ4n) is 14.5. The molecule has 7 rings (SSSR count). The van der Waals surface area contributed by atoms with Gasteiger partial charge in [-0.25, -0.2) is 12.8 Å². The van der Waals surface area contributed by atoms with Gasteiger partial charge in [-0.2, -0.15) is 0 Å². The molecule has 1 N–H and O–H groups in total. The van der Waals surface area contributed by atoms with Crippen LogP contribution in [0.25, 0.3) is 0 Å². The Morgan fingerprint density at radius 3 is 2.35 bits per heavy atom. The van der Waals surface area contributed by atoms with Crippen LogP contribution in [0.2, 0.25) is 0 Å². The largest absolute Gasteiger partial charge is 0.458 e. The van der Waals surface area contributed by atoms with E-state index in [2.05, 4.69) is 70.5 Å². The van der Waals surface area contributed by atoms with Crippen molar-refractivity contribution >= 4 is 16.3 Å². The van der Waals surface area contributed by atoms with E-state index in [9.17, 15) is 17.6 Å². The minimum absolute atomic E-state index is 0.0276. The lowest BCUT2D eigenvalue weighted by Gasteiger charge is -2.72. The number of rotatable bonds is 9. The summed E-state index contributed by atoms with van der Waals surface area (Å²) >= 11 is 0. The standard InChI is InChI=1S/C43H67FN2O4S/c1-30(2)32-12-19-43(45-22-23-46-24-26-51(48,49)27-25-46)21-20-40(6)34(37(32)43)8-9-36-39(5)15-13-33(38(3,4)35(39)14-16-41(36,40)7)31-10-17-42(28-44,18-11-31)50-29-47/h10,13,29,32,34-37,45H,1,8-9,11-12,14-28H2,2-7H3/t32-,34+,35-,36+,37+,39-,40+,41+,42?,43-/m0/s1. The number of ether oxygens (including phenoxy) is 1. The van der Waals surface area contributed by atoms with Crippen molar-refractivity contribution in [2.75, 3.05) is 44.4 Å². The van der Waals surface area contributed by atoms with Crippen molar-refractivity contribution in [3.63, 3.8) is 0 Å². The second-order valence-corrected chi connectivity index (χ2v) is 22.1. The van der Waals surface area contributed by atoms with Crippen molar-refractivity contribution in [3.8, 4) is 0 Å². The molecule has 1 unspecified atom stereocenters. The number of alkyl halides is 1. The van der Waals surface area contributed by atoms with E-state index in [4.69, 9.17) is 4.74 Å². The summed E-state index contributed by atoms with van der Waals surface area (Å²) in [6.07, 6.45) is 17.7. The molecule has 0 radical (unpaired) electrons. The number of hydrogen-bond acceptors (Lipinski definition) is 6. The molecule has 1 heterocycles. The van der Waals surface area contributed by atoms with Crippen molar-refractivity contribution in [2.45, 2.75) is 130 Å². The highest BCUT2D eigenvalue weighted by Gasteiger charge is 2.70. The Balaban J connectivity index is 1.13. The van der Waals surface area contributed by atoms with Crippen LogP contribution in [0.3, 0.4) is 0 Å². The van der Waals surface area contributed by atoms with Gasteiger partial charge >= 0.3 is 0 Å². The lowest BCUT2D eigenvalue weighted by Crippen LogP contribution is -2.68. The lowest BCUT2D eigenvalue weighted by atomic mass is 9.33. The molecule has 0 aromatic heterocycles. The molecule has 0 amide bonds. The third-order valence-electron chi connectivity index (χ3n) is 17.4. The molecule has 51 heavy (non-hydrogen) atoms. The number of fused-ring (bicyclic) bond motifs is 7. The SMILES string of the molecule is C=C(C)[C@@H]1CC[C@]2(NCCN3CCS(=O)(=O)CC3)CC[C@]3(C)[C@H](CC[C@@H]4[C@@]5(C)CC=C(C6=CCC(CF)(OC=O)CC6)C(C)(C)[C@@H]5CC[C@]43C)[C@@H]12. The van der Waals surface area contributed by atoms with E-state index in [1.54, 1.807) is 0 Å². The van der Waals surface area contributed by atoms with E-state index in [0.29, 0.717) is 73.5 Å². The molecule has 6 aliphatic carbocycles. The molecular weight excluding hydrogens is 660 g/mol. The van der Waals surface area contributed by atoms with Gasteiger partial charge in [0.05, 0.1) is 11.5 Å². The highest BCUT2D eigenvalue weighted by molar-refractivity contribution is 7.91. The number of halogens is 1. The molecule has 0 aromatic rings. The van der Waals surface area contributed by atoms with Crippen LogP contribution >= 0.6 is 0 Å². The predicted octanol–water partition coefficient (Wildman–Crippen LogP) is 8.24. The highest BCUT2D eigenvalue weighted by atomic mass is 32.2. The Kier molecular flexibility index (Phi) is 9.68. The molecule has 286 valence electrons. The summed E-state index contributed by atoms with van der Waals surface area (Å²) in [7, 11) is -2.87. The zero-order valence-corrected chi connectivity index (χ0v) is 33.4. The Labute approximate surface area is 308 Å². The zero-order chi connectivity index (χ0) is 36.7. The van der Waals surface area contributed by atoms with E-state index in [1.165, 1.54) is 68.1 Å². The third-order valence-corrected chi connectivity index (χ3v) is 19.1. The van der Waals surface area contributed by atoms with Gasteiger partial charge < -0.3 is 15.0 Å². The average Bonchev–Trinajstić information content (AvgIpc) is 3.46. The van der Waals surface area contributed by atoms with Gasteiger partial charge in [-0.05, 0) is 140 Å². The van der Waals surface area contributed by atoms with Crippen LogP contribution in [0.15, 0.2) is 35.5 Å². The maximum atomic E-state index is 14.0. The number of allylic oxidation sites excluding steroid dienone is 4. The van der Waals surface area contributed by atoms with Gasteiger partial charge in [0.2, 0.25) is 0 Å². The Morgan fingerprint density at radius 2 is 1.71 bits per heavy atom. The highest BCUT2D eigenvalue weighted by Crippen LogP contribution is 2.76. The number of nitrogens with zero attached hydrogens (tertiary/aromatic N) is 1. The van der Waals surface area contributed by atoms with Gasteiger partial charge in [-0.15, -0.1) is 0 Å². The summed E-state index contributed by atoms with van der Waals surface area (Å²) in [5, 5.41) is 4.21. The van der Waals surface area contributed by atoms with Gasteiger partial charge in [0.15, 0.2) is 9.84 Å². The molecule has 5 fully saturated rings. The fourth-order valence-corrected chi connectivity index (χ4v) is 15.8. The van der Waals surface area contributed by atoms with Gasteiger partial charge in [0.1, 0.15) is 12.3 Å². The summed E-state index contributed by atoms with van der Waals surface area (Å²) in [6.45, 7) is 22.9. The summed E-state index contributed by atoms with van der Waals surface area (Å²) in [5.74, 6) is 3.68. The van der Waals surface area contributed by atoms with Crippen LogP contribution < -0.4 is 5.32 Å². The van der Waals surface area contributed by atoms with E-state index >= 15 is 0 Å². The maximum Gasteiger partial charge on any atom is 0.293 e. The van der Waals surface area contributed by atoms with Gasteiger partial charge in [0.25, 0.3) is 6.47 Å². The van der Waals surface area contributed by atoms with Crippen LogP contribution in [0, 0.1) is 51.2 Å². The molecule has 7 aliphatic rings. The van der Waals surface area contributed by atoms with Crippen molar-refractivity contribution in [1.29, 1.82) is 0 Å². The zero-order valence-electron chi connectivity index (χ0n) is 32.6. The second-order valence-electron chi connectivity index (χ2n) is 19.8. The second kappa shape index (κ2) is 13.1. The van der Waals surface area contributed by atoms with Gasteiger partial charge in [-0.1, -0.05) is 58.9 Å². The minimum Gasteiger partial charge on any atom is -0.458 e. The first kappa shape index (κ1) is 37.8. The van der Waals surface area contributed by atoms with E-state index in [1.807, 2.05) is 0 Å². The van der Waals surface area contributed by atoms with E-state index in [0.717, 1.165) is 25.9 Å². The summed E-state index contributed by atoms with van der Waals surface area (Å²) in [5.41, 5.74) is 4.12. The molecule has 1 saturated heterocycles. The summed E-state index contributed by atoms with van der Waals surface area (Å²) < 4.78 is 43.4. The van der Waals surface area contributed by atoms with Crippen molar-refractivity contribution < 1.29 is 22.3 Å². The molecule has 4 saturated carbocycles. The fraction of sp³-hybridized carbons (Fsp3) is 0.837. The van der Waals surface area contributed by atoms with E-state index < -0.39 is 22.1 Å². The first-order chi connectivity index (χ1) is 24.0. The number of carbonyl (C=O) groups excluding carboxylic acids is 1. The first-order valence-electron chi connectivity index (χ1n) is 20.4.